The zero-order chi connectivity index (χ0) is 31.4. The SMILES string of the molecule is Cc1cccc(-n2c(C)csc2=NC(=O)N=CCc2ccc(-c3ncn(-c4ccc(OC(F)(F)F)cc4)n3)cc2)c1C(C)C. The Bertz CT molecular complexity index is 1870. The number of hydrogen-bond donors (Lipinski definition) is 0. The van der Waals surface area contributed by atoms with Crippen LogP contribution >= 0.6 is 11.3 Å². The van der Waals surface area contributed by atoms with E-state index in [1.807, 2.05) is 53.3 Å². The van der Waals surface area contributed by atoms with Crippen molar-refractivity contribution in [2.24, 2.45) is 9.98 Å². The molecule has 0 aliphatic rings. The number of benzene rings is 3. The van der Waals surface area contributed by atoms with Gasteiger partial charge in [-0.15, -0.1) is 29.6 Å². The van der Waals surface area contributed by atoms with Gasteiger partial charge in [0.25, 0.3) is 0 Å². The highest BCUT2D eigenvalue weighted by atomic mass is 32.1. The third-order valence-corrected chi connectivity index (χ3v) is 7.70. The maximum absolute atomic E-state index is 12.7. The molecule has 226 valence electrons. The zero-order valence-corrected chi connectivity index (χ0v) is 25.2. The van der Waals surface area contributed by atoms with E-state index < -0.39 is 12.4 Å². The molecule has 0 saturated heterocycles. The number of alkyl halides is 3. The molecule has 0 spiro atoms. The fourth-order valence-electron chi connectivity index (χ4n) is 4.82. The Balaban J connectivity index is 1.25. The highest BCUT2D eigenvalue weighted by molar-refractivity contribution is 7.07. The van der Waals surface area contributed by atoms with Gasteiger partial charge in [-0.3, -0.25) is 4.57 Å². The highest BCUT2D eigenvalue weighted by Gasteiger charge is 2.31. The van der Waals surface area contributed by atoms with Crippen LogP contribution in [0.15, 0.2) is 88.4 Å². The predicted octanol–water partition coefficient (Wildman–Crippen LogP) is 7.76. The Labute approximate surface area is 255 Å². The van der Waals surface area contributed by atoms with Crippen molar-refractivity contribution in [1.29, 1.82) is 0 Å². The summed E-state index contributed by atoms with van der Waals surface area (Å²) in [6, 6.07) is 18.4. The van der Waals surface area contributed by atoms with E-state index in [1.165, 1.54) is 64.0 Å². The third-order valence-electron chi connectivity index (χ3n) is 6.76. The van der Waals surface area contributed by atoms with Crippen LogP contribution in [0.1, 0.15) is 42.1 Å². The van der Waals surface area contributed by atoms with Crippen molar-refractivity contribution in [3.8, 4) is 28.5 Å². The average molecular weight is 619 g/mol. The molecular formula is C32H29F3N6O2S. The fraction of sp³-hybridized carbons (Fsp3) is 0.219. The molecular weight excluding hydrogens is 589 g/mol. The van der Waals surface area contributed by atoms with Gasteiger partial charge in [-0.2, -0.15) is 4.99 Å². The van der Waals surface area contributed by atoms with Gasteiger partial charge in [0.2, 0.25) is 0 Å². The second-order valence-electron chi connectivity index (χ2n) is 10.3. The summed E-state index contributed by atoms with van der Waals surface area (Å²) in [5.41, 5.74) is 6.62. The van der Waals surface area contributed by atoms with E-state index in [-0.39, 0.29) is 5.75 Å². The van der Waals surface area contributed by atoms with Gasteiger partial charge in [0.1, 0.15) is 12.1 Å². The molecule has 0 aliphatic carbocycles. The summed E-state index contributed by atoms with van der Waals surface area (Å²) in [5.74, 6) is 0.437. The number of aryl methyl sites for hydroxylation is 2. The van der Waals surface area contributed by atoms with Crippen LogP contribution in [-0.2, 0) is 6.42 Å². The van der Waals surface area contributed by atoms with Crippen LogP contribution in [0.25, 0.3) is 22.8 Å². The van der Waals surface area contributed by atoms with E-state index >= 15 is 0 Å². The second-order valence-corrected chi connectivity index (χ2v) is 11.2. The molecule has 2 aromatic heterocycles. The number of hydrogen-bond acceptors (Lipinski definition) is 5. The van der Waals surface area contributed by atoms with Crippen LogP contribution in [0.2, 0.25) is 0 Å². The summed E-state index contributed by atoms with van der Waals surface area (Å²) < 4.78 is 44.6. The summed E-state index contributed by atoms with van der Waals surface area (Å²) in [7, 11) is 0. The van der Waals surface area contributed by atoms with Gasteiger partial charge in [0.05, 0.1) is 11.4 Å². The van der Waals surface area contributed by atoms with Crippen molar-refractivity contribution >= 4 is 23.6 Å². The molecule has 0 saturated carbocycles. The number of halogens is 3. The molecule has 0 N–H and O–H groups in total. The number of carbonyl (C=O) groups is 1. The number of ether oxygens (including phenoxy) is 1. The Morgan fingerprint density at radius 3 is 2.45 bits per heavy atom. The topological polar surface area (TPSA) is 86.7 Å². The summed E-state index contributed by atoms with van der Waals surface area (Å²) in [5, 5.41) is 6.40. The minimum absolute atomic E-state index is 0.306. The largest absolute Gasteiger partial charge is 0.573 e. The van der Waals surface area contributed by atoms with Gasteiger partial charge in [-0.25, -0.2) is 19.5 Å². The summed E-state index contributed by atoms with van der Waals surface area (Å²) in [6.07, 6.45) is -1.31. The first-order chi connectivity index (χ1) is 21.0. The molecule has 5 rings (SSSR count). The molecule has 0 unspecified atom stereocenters. The van der Waals surface area contributed by atoms with Gasteiger partial charge >= 0.3 is 12.4 Å². The number of carbonyl (C=O) groups excluding carboxylic acids is 1. The fourth-order valence-corrected chi connectivity index (χ4v) is 5.68. The third kappa shape index (κ3) is 7.20. The van der Waals surface area contributed by atoms with E-state index in [9.17, 15) is 18.0 Å². The Kier molecular flexibility index (Phi) is 8.91. The smallest absolute Gasteiger partial charge is 0.406 e. The standard InChI is InChI=1S/C32H29F3N6O2S/c1-20(2)28-21(3)6-5-7-27(28)41-22(4)18-44-31(41)38-30(42)36-17-16-23-8-10-24(11-9-23)29-37-19-40(39-29)25-12-14-26(15-13-25)43-32(33,34)35/h5-15,17-20H,16H2,1-4H3. The Morgan fingerprint density at radius 2 is 1.77 bits per heavy atom. The first-order valence-corrected chi connectivity index (χ1v) is 14.6. The Morgan fingerprint density at radius 1 is 1.05 bits per heavy atom. The van der Waals surface area contributed by atoms with Crippen molar-refractivity contribution in [3.63, 3.8) is 0 Å². The average Bonchev–Trinajstić information content (AvgIpc) is 3.60. The normalized spacial score (nSPS) is 12.4. The number of nitrogens with zero attached hydrogens (tertiary/aromatic N) is 6. The quantitative estimate of drug-likeness (QED) is 0.175. The first kappa shape index (κ1) is 30.6. The van der Waals surface area contributed by atoms with Gasteiger partial charge < -0.3 is 4.74 Å². The summed E-state index contributed by atoms with van der Waals surface area (Å²) >= 11 is 1.40. The first-order valence-electron chi connectivity index (χ1n) is 13.7. The van der Waals surface area contributed by atoms with E-state index in [0.717, 1.165) is 22.5 Å². The molecule has 8 nitrogen and oxygen atoms in total. The Hall–Kier alpha value is -4.84. The lowest BCUT2D eigenvalue weighted by atomic mass is 9.96. The highest BCUT2D eigenvalue weighted by Crippen LogP contribution is 2.27. The lowest BCUT2D eigenvalue weighted by Gasteiger charge is -2.17. The van der Waals surface area contributed by atoms with Gasteiger partial charge in [-0.05, 0) is 66.8 Å². The minimum atomic E-state index is -4.75. The van der Waals surface area contributed by atoms with Crippen LogP contribution in [-0.4, -0.2) is 37.9 Å². The number of aliphatic imine (C=N–C) groups is 1. The lowest BCUT2D eigenvalue weighted by molar-refractivity contribution is -0.274. The second kappa shape index (κ2) is 12.8. The number of urea groups is 1. The van der Waals surface area contributed by atoms with E-state index in [2.05, 4.69) is 51.6 Å². The number of thiazole rings is 1. The summed E-state index contributed by atoms with van der Waals surface area (Å²) in [4.78, 5) is 25.9. The molecule has 12 heteroatoms. The van der Waals surface area contributed by atoms with Crippen molar-refractivity contribution in [3.05, 3.63) is 106 Å². The van der Waals surface area contributed by atoms with Gasteiger partial charge in [0, 0.05) is 29.3 Å². The van der Waals surface area contributed by atoms with Crippen LogP contribution in [0.4, 0.5) is 18.0 Å². The van der Waals surface area contributed by atoms with Crippen molar-refractivity contribution in [2.75, 3.05) is 0 Å². The van der Waals surface area contributed by atoms with Crippen LogP contribution < -0.4 is 9.54 Å². The van der Waals surface area contributed by atoms with E-state index in [4.69, 9.17) is 0 Å². The molecule has 2 heterocycles. The molecule has 5 aromatic rings. The zero-order valence-electron chi connectivity index (χ0n) is 24.4. The summed E-state index contributed by atoms with van der Waals surface area (Å²) in [6.45, 7) is 8.39. The number of aromatic nitrogens is 4. The molecule has 0 bridgehead atoms. The maximum atomic E-state index is 12.7. The maximum Gasteiger partial charge on any atom is 0.573 e. The van der Waals surface area contributed by atoms with Crippen LogP contribution in [0.3, 0.4) is 0 Å². The van der Waals surface area contributed by atoms with Crippen LogP contribution in [0.5, 0.6) is 5.75 Å². The predicted molar refractivity (Wildman–Crippen MR) is 164 cm³/mol. The van der Waals surface area contributed by atoms with E-state index in [0.29, 0.717) is 28.7 Å². The minimum Gasteiger partial charge on any atom is -0.406 e. The number of rotatable bonds is 7. The van der Waals surface area contributed by atoms with Crippen molar-refractivity contribution < 1.29 is 22.7 Å². The molecule has 3 aromatic carbocycles. The van der Waals surface area contributed by atoms with Crippen LogP contribution in [0, 0.1) is 13.8 Å². The molecule has 0 fully saturated rings. The van der Waals surface area contributed by atoms with E-state index in [1.54, 1.807) is 0 Å². The number of amides is 2. The molecule has 0 aliphatic heterocycles. The van der Waals surface area contributed by atoms with Gasteiger partial charge in [0.15, 0.2) is 10.6 Å². The molecule has 2 amide bonds. The van der Waals surface area contributed by atoms with Gasteiger partial charge in [-0.1, -0.05) is 50.2 Å². The van der Waals surface area contributed by atoms with Crippen molar-refractivity contribution in [2.45, 2.75) is 46.4 Å². The molecule has 0 radical (unpaired) electrons. The molecule has 44 heavy (non-hydrogen) atoms. The monoisotopic (exact) mass is 618 g/mol. The molecule has 0 atom stereocenters. The lowest BCUT2D eigenvalue weighted by Crippen LogP contribution is -2.18. The van der Waals surface area contributed by atoms with Crippen molar-refractivity contribution in [1.82, 2.24) is 19.3 Å².